The average Bonchev–Trinajstić information content (AvgIpc) is 2.19. The van der Waals surface area contributed by atoms with E-state index in [9.17, 15) is 8.78 Å². The van der Waals surface area contributed by atoms with Crippen LogP contribution in [0.15, 0.2) is 24.3 Å². The van der Waals surface area contributed by atoms with Crippen LogP contribution in [-0.2, 0) is 0 Å². The molecule has 0 bridgehead atoms. The van der Waals surface area contributed by atoms with Gasteiger partial charge < -0.3 is 15.0 Å². The number of likely N-dealkylation sites (N-methyl/N-ethyl adjacent to an activating group) is 1. The summed E-state index contributed by atoms with van der Waals surface area (Å²) in [6.07, 6.45) is 0. The third-order valence-corrected chi connectivity index (χ3v) is 1.97. The van der Waals surface area contributed by atoms with Crippen LogP contribution in [0.1, 0.15) is 0 Å². The zero-order valence-corrected chi connectivity index (χ0v) is 9.41. The van der Waals surface area contributed by atoms with Gasteiger partial charge in [-0.1, -0.05) is 0 Å². The maximum atomic E-state index is 11.9. The third-order valence-electron chi connectivity index (χ3n) is 1.97. The molecule has 0 heterocycles. The number of hydrogen-bond donors (Lipinski definition) is 1. The molecule has 0 aliphatic rings. The van der Waals surface area contributed by atoms with Crippen molar-refractivity contribution in [1.29, 1.82) is 0 Å². The van der Waals surface area contributed by atoms with Gasteiger partial charge in [0.15, 0.2) is 0 Å². The number of alkyl halides is 2. The predicted octanol–water partition coefficient (Wildman–Crippen LogP) is 2.26. The Labute approximate surface area is 94.0 Å². The summed E-state index contributed by atoms with van der Waals surface area (Å²) in [6.45, 7) is -1.05. The molecule has 0 amide bonds. The van der Waals surface area contributed by atoms with Gasteiger partial charge in [-0.2, -0.15) is 8.78 Å². The number of nitrogens with zero attached hydrogens (tertiary/aromatic N) is 1. The minimum atomic E-state index is -2.77. The Hall–Kier alpha value is -1.36. The van der Waals surface area contributed by atoms with Crippen LogP contribution < -0.4 is 10.1 Å². The number of halogens is 2. The minimum absolute atomic E-state index is 0.174. The summed E-state index contributed by atoms with van der Waals surface area (Å²) < 4.78 is 28.0. The summed E-state index contributed by atoms with van der Waals surface area (Å²) in [6, 6.07) is 6.47. The van der Waals surface area contributed by atoms with E-state index in [1.54, 1.807) is 12.1 Å². The molecule has 0 aromatic heterocycles. The van der Waals surface area contributed by atoms with Crippen molar-refractivity contribution >= 4 is 5.69 Å². The molecule has 0 unspecified atom stereocenters. The Kier molecular flexibility index (Phi) is 4.98. The SMILES string of the molecule is CN(C)CCNc1ccc(OC(F)F)cc1. The second-order valence-electron chi connectivity index (χ2n) is 3.63. The fourth-order valence-electron chi connectivity index (χ4n) is 1.18. The molecule has 0 aliphatic heterocycles. The summed E-state index contributed by atoms with van der Waals surface area (Å²) in [5, 5.41) is 3.17. The number of ether oxygens (including phenoxy) is 1. The highest BCUT2D eigenvalue weighted by Gasteiger charge is 2.03. The van der Waals surface area contributed by atoms with Crippen molar-refractivity contribution in [2.75, 3.05) is 32.5 Å². The van der Waals surface area contributed by atoms with E-state index in [2.05, 4.69) is 15.0 Å². The summed E-state index contributed by atoms with van der Waals surface area (Å²) in [4.78, 5) is 2.06. The summed E-state index contributed by atoms with van der Waals surface area (Å²) >= 11 is 0. The van der Waals surface area contributed by atoms with Crippen LogP contribution in [0.5, 0.6) is 5.75 Å². The fourth-order valence-corrected chi connectivity index (χ4v) is 1.18. The van der Waals surface area contributed by atoms with Gasteiger partial charge in [0, 0.05) is 18.8 Å². The normalized spacial score (nSPS) is 10.9. The van der Waals surface area contributed by atoms with Gasteiger partial charge in [-0.3, -0.25) is 0 Å². The molecule has 16 heavy (non-hydrogen) atoms. The third kappa shape index (κ3) is 4.93. The van der Waals surface area contributed by atoms with Crippen molar-refractivity contribution in [3.8, 4) is 5.75 Å². The van der Waals surface area contributed by atoms with Crippen molar-refractivity contribution in [3.63, 3.8) is 0 Å². The largest absolute Gasteiger partial charge is 0.435 e. The first-order valence-electron chi connectivity index (χ1n) is 5.01. The number of nitrogens with one attached hydrogen (secondary N) is 1. The maximum Gasteiger partial charge on any atom is 0.387 e. The highest BCUT2D eigenvalue weighted by Crippen LogP contribution is 2.17. The van der Waals surface area contributed by atoms with Crippen molar-refractivity contribution in [1.82, 2.24) is 4.90 Å². The van der Waals surface area contributed by atoms with Crippen molar-refractivity contribution in [2.45, 2.75) is 6.61 Å². The lowest BCUT2D eigenvalue weighted by molar-refractivity contribution is -0.0498. The molecule has 0 aliphatic carbocycles. The zero-order chi connectivity index (χ0) is 12.0. The van der Waals surface area contributed by atoms with Crippen molar-refractivity contribution < 1.29 is 13.5 Å². The molecule has 0 radical (unpaired) electrons. The first-order chi connectivity index (χ1) is 7.58. The van der Waals surface area contributed by atoms with Crippen LogP contribution in [0, 0.1) is 0 Å². The Balaban J connectivity index is 2.39. The van der Waals surface area contributed by atoms with Crippen LogP contribution in [0.25, 0.3) is 0 Å². The number of rotatable bonds is 6. The molecule has 0 fully saturated rings. The number of benzene rings is 1. The zero-order valence-electron chi connectivity index (χ0n) is 9.41. The molecular formula is C11H16F2N2O. The van der Waals surface area contributed by atoms with Crippen molar-refractivity contribution in [3.05, 3.63) is 24.3 Å². The Morgan fingerprint density at radius 3 is 2.38 bits per heavy atom. The lowest BCUT2D eigenvalue weighted by Gasteiger charge is -2.11. The molecule has 3 nitrogen and oxygen atoms in total. The monoisotopic (exact) mass is 230 g/mol. The van der Waals surface area contributed by atoms with E-state index >= 15 is 0 Å². The van der Waals surface area contributed by atoms with E-state index < -0.39 is 6.61 Å². The van der Waals surface area contributed by atoms with Gasteiger partial charge in [0.25, 0.3) is 0 Å². The summed E-state index contributed by atoms with van der Waals surface area (Å²) in [7, 11) is 3.97. The van der Waals surface area contributed by atoms with E-state index in [-0.39, 0.29) is 5.75 Å². The summed E-state index contributed by atoms with van der Waals surface area (Å²) in [5.74, 6) is 0.174. The van der Waals surface area contributed by atoms with E-state index in [1.807, 2.05) is 14.1 Å². The van der Waals surface area contributed by atoms with Crippen LogP contribution in [0.3, 0.4) is 0 Å². The van der Waals surface area contributed by atoms with Gasteiger partial charge in [-0.25, -0.2) is 0 Å². The lowest BCUT2D eigenvalue weighted by atomic mass is 10.3. The molecule has 90 valence electrons. The Bertz CT molecular complexity index is 301. The average molecular weight is 230 g/mol. The molecule has 5 heteroatoms. The molecule has 1 N–H and O–H groups in total. The number of anilines is 1. The maximum absolute atomic E-state index is 11.9. The molecule has 0 atom stereocenters. The molecule has 1 rings (SSSR count). The molecule has 0 saturated carbocycles. The Morgan fingerprint density at radius 2 is 1.88 bits per heavy atom. The minimum Gasteiger partial charge on any atom is -0.435 e. The molecule has 0 saturated heterocycles. The summed E-state index contributed by atoms with van der Waals surface area (Å²) in [5.41, 5.74) is 0.892. The predicted molar refractivity (Wildman–Crippen MR) is 60.1 cm³/mol. The second-order valence-corrected chi connectivity index (χ2v) is 3.63. The van der Waals surface area contributed by atoms with Gasteiger partial charge in [-0.15, -0.1) is 0 Å². The first-order valence-corrected chi connectivity index (χ1v) is 5.01. The molecular weight excluding hydrogens is 214 g/mol. The highest BCUT2D eigenvalue weighted by atomic mass is 19.3. The van der Waals surface area contributed by atoms with E-state index in [0.717, 1.165) is 18.8 Å². The van der Waals surface area contributed by atoms with E-state index in [1.165, 1.54) is 12.1 Å². The first kappa shape index (κ1) is 12.7. The standard InChI is InChI=1S/C11H16F2N2O/c1-15(2)8-7-14-9-3-5-10(6-4-9)16-11(12)13/h3-6,11,14H,7-8H2,1-2H3. The molecule has 0 spiro atoms. The van der Waals surface area contributed by atoms with Crippen LogP contribution in [0.4, 0.5) is 14.5 Å². The van der Waals surface area contributed by atoms with Gasteiger partial charge in [0.05, 0.1) is 0 Å². The smallest absolute Gasteiger partial charge is 0.387 e. The number of hydrogen-bond acceptors (Lipinski definition) is 3. The van der Waals surface area contributed by atoms with Gasteiger partial charge >= 0.3 is 6.61 Å². The topological polar surface area (TPSA) is 24.5 Å². The lowest BCUT2D eigenvalue weighted by Crippen LogP contribution is -2.20. The van der Waals surface area contributed by atoms with Crippen LogP contribution >= 0.6 is 0 Å². The quantitative estimate of drug-likeness (QED) is 0.811. The van der Waals surface area contributed by atoms with Crippen LogP contribution in [-0.4, -0.2) is 38.7 Å². The second kappa shape index (κ2) is 6.27. The molecule has 1 aromatic carbocycles. The van der Waals surface area contributed by atoms with E-state index in [0.29, 0.717) is 0 Å². The molecule has 1 aromatic rings. The Morgan fingerprint density at radius 1 is 1.25 bits per heavy atom. The van der Waals surface area contributed by atoms with E-state index in [4.69, 9.17) is 0 Å². The van der Waals surface area contributed by atoms with Crippen molar-refractivity contribution in [2.24, 2.45) is 0 Å². The van der Waals surface area contributed by atoms with Gasteiger partial charge in [-0.05, 0) is 38.4 Å². The van der Waals surface area contributed by atoms with Gasteiger partial charge in [0.1, 0.15) is 5.75 Å². The van der Waals surface area contributed by atoms with Gasteiger partial charge in [0.2, 0.25) is 0 Å². The van der Waals surface area contributed by atoms with Crippen LogP contribution in [0.2, 0.25) is 0 Å². The fraction of sp³-hybridized carbons (Fsp3) is 0.455. The highest BCUT2D eigenvalue weighted by molar-refractivity contribution is 5.46.